The fraction of sp³-hybridized carbons (Fsp3) is 0.278. The molecular formula is C18H20N4OS. The number of rotatable bonds is 6. The number of nitrogens with zero attached hydrogens (tertiary/aromatic N) is 2. The van der Waals surface area contributed by atoms with E-state index in [1.54, 1.807) is 11.3 Å². The summed E-state index contributed by atoms with van der Waals surface area (Å²) >= 11 is 1.65. The molecule has 0 saturated carbocycles. The van der Waals surface area contributed by atoms with Crippen LogP contribution in [0.15, 0.2) is 36.7 Å². The average Bonchev–Trinajstić information content (AvgIpc) is 2.89. The molecule has 0 bridgehead atoms. The molecule has 0 spiro atoms. The summed E-state index contributed by atoms with van der Waals surface area (Å²) in [4.78, 5) is 22.8. The number of benzene rings is 1. The summed E-state index contributed by atoms with van der Waals surface area (Å²) in [5, 5.41) is 7.07. The Morgan fingerprint density at radius 2 is 1.96 bits per heavy atom. The van der Waals surface area contributed by atoms with Crippen LogP contribution >= 0.6 is 11.3 Å². The van der Waals surface area contributed by atoms with E-state index in [2.05, 4.69) is 46.6 Å². The van der Waals surface area contributed by atoms with Crippen molar-refractivity contribution in [3.63, 3.8) is 0 Å². The van der Waals surface area contributed by atoms with Gasteiger partial charge in [0.05, 0.1) is 11.9 Å². The Kier molecular flexibility index (Phi) is 5.05. The average molecular weight is 340 g/mol. The second-order valence-electron chi connectivity index (χ2n) is 5.62. The second kappa shape index (κ2) is 7.40. The first-order valence-corrected chi connectivity index (χ1v) is 8.72. The number of nitrogens with one attached hydrogen (secondary N) is 2. The van der Waals surface area contributed by atoms with Crippen LogP contribution in [0.25, 0.3) is 10.2 Å². The highest BCUT2D eigenvalue weighted by Crippen LogP contribution is 2.32. The smallest absolute Gasteiger partial charge is 0.239 e. The first kappa shape index (κ1) is 16.4. The molecule has 0 atom stereocenters. The third-order valence-corrected chi connectivity index (χ3v) is 5.08. The molecule has 0 aliphatic carbocycles. The maximum Gasteiger partial charge on any atom is 0.239 e. The van der Waals surface area contributed by atoms with Gasteiger partial charge in [-0.05, 0) is 31.4 Å². The lowest BCUT2D eigenvalue weighted by atomic mass is 10.1. The zero-order chi connectivity index (χ0) is 16.9. The summed E-state index contributed by atoms with van der Waals surface area (Å²) in [5.74, 6) is 0.683. The molecule has 0 aliphatic heterocycles. The van der Waals surface area contributed by atoms with Gasteiger partial charge in [-0.15, -0.1) is 11.3 Å². The van der Waals surface area contributed by atoms with Crippen molar-refractivity contribution in [3.8, 4) is 0 Å². The van der Waals surface area contributed by atoms with Crippen LogP contribution in [-0.4, -0.2) is 29.0 Å². The Labute approximate surface area is 145 Å². The first-order valence-electron chi connectivity index (χ1n) is 7.90. The summed E-state index contributed by atoms with van der Waals surface area (Å²) in [6.07, 6.45) is 2.36. The molecule has 2 heterocycles. The highest BCUT2D eigenvalue weighted by Gasteiger charge is 2.12. The van der Waals surface area contributed by atoms with Crippen molar-refractivity contribution in [2.75, 3.05) is 18.4 Å². The minimum absolute atomic E-state index is 0.0395. The van der Waals surface area contributed by atoms with Gasteiger partial charge in [0, 0.05) is 11.4 Å². The fourth-order valence-corrected chi connectivity index (χ4v) is 3.53. The largest absolute Gasteiger partial charge is 0.360 e. The van der Waals surface area contributed by atoms with E-state index in [0.717, 1.165) is 22.5 Å². The SMILES string of the molecule is Cc1sc2ncnc(NCC(=O)NCCc3ccccc3)c2c1C. The van der Waals surface area contributed by atoms with Gasteiger partial charge in [-0.25, -0.2) is 9.97 Å². The second-order valence-corrected chi connectivity index (χ2v) is 6.83. The molecule has 124 valence electrons. The van der Waals surface area contributed by atoms with Gasteiger partial charge in [-0.3, -0.25) is 4.79 Å². The van der Waals surface area contributed by atoms with E-state index in [-0.39, 0.29) is 12.5 Å². The molecule has 0 aliphatic rings. The van der Waals surface area contributed by atoms with E-state index in [1.165, 1.54) is 22.3 Å². The number of carbonyl (C=O) groups is 1. The number of aryl methyl sites for hydroxylation is 2. The van der Waals surface area contributed by atoms with Gasteiger partial charge in [-0.1, -0.05) is 30.3 Å². The Bertz CT molecular complexity index is 845. The summed E-state index contributed by atoms with van der Waals surface area (Å²) in [6, 6.07) is 10.1. The zero-order valence-electron chi connectivity index (χ0n) is 13.8. The normalized spacial score (nSPS) is 10.8. The van der Waals surface area contributed by atoms with Gasteiger partial charge in [0.25, 0.3) is 0 Å². The summed E-state index contributed by atoms with van der Waals surface area (Å²) in [7, 11) is 0. The third kappa shape index (κ3) is 3.71. The predicted octanol–water partition coefficient (Wildman–Crippen LogP) is 3.08. The van der Waals surface area contributed by atoms with E-state index < -0.39 is 0 Å². The van der Waals surface area contributed by atoms with Gasteiger partial charge in [0.1, 0.15) is 17.0 Å². The monoisotopic (exact) mass is 340 g/mol. The predicted molar refractivity (Wildman–Crippen MR) is 98.5 cm³/mol. The minimum atomic E-state index is -0.0395. The summed E-state index contributed by atoms with van der Waals surface area (Å²) < 4.78 is 0. The van der Waals surface area contributed by atoms with Crippen molar-refractivity contribution >= 4 is 33.3 Å². The van der Waals surface area contributed by atoms with E-state index in [0.29, 0.717) is 6.54 Å². The molecule has 3 aromatic rings. The lowest BCUT2D eigenvalue weighted by Crippen LogP contribution is -2.31. The minimum Gasteiger partial charge on any atom is -0.360 e. The molecule has 0 unspecified atom stereocenters. The van der Waals surface area contributed by atoms with Crippen molar-refractivity contribution in [2.24, 2.45) is 0 Å². The fourth-order valence-electron chi connectivity index (χ4n) is 2.53. The number of hydrogen-bond donors (Lipinski definition) is 2. The third-order valence-electron chi connectivity index (χ3n) is 3.96. The van der Waals surface area contributed by atoms with Crippen molar-refractivity contribution < 1.29 is 4.79 Å². The summed E-state index contributed by atoms with van der Waals surface area (Å²) in [6.45, 7) is 4.96. The van der Waals surface area contributed by atoms with Crippen LogP contribution in [0, 0.1) is 13.8 Å². The Morgan fingerprint density at radius 3 is 2.75 bits per heavy atom. The van der Waals surface area contributed by atoms with Gasteiger partial charge < -0.3 is 10.6 Å². The number of amides is 1. The topological polar surface area (TPSA) is 66.9 Å². The molecule has 24 heavy (non-hydrogen) atoms. The number of hydrogen-bond acceptors (Lipinski definition) is 5. The molecule has 0 saturated heterocycles. The van der Waals surface area contributed by atoms with Gasteiger partial charge in [-0.2, -0.15) is 0 Å². The molecule has 2 aromatic heterocycles. The molecule has 2 N–H and O–H groups in total. The molecule has 0 fully saturated rings. The molecule has 3 rings (SSSR count). The van der Waals surface area contributed by atoms with E-state index in [9.17, 15) is 4.79 Å². The van der Waals surface area contributed by atoms with Gasteiger partial charge in [0.15, 0.2) is 0 Å². The van der Waals surface area contributed by atoms with Gasteiger partial charge in [0.2, 0.25) is 5.91 Å². The van der Waals surface area contributed by atoms with Crippen molar-refractivity contribution in [1.82, 2.24) is 15.3 Å². The lowest BCUT2D eigenvalue weighted by Gasteiger charge is -2.08. The van der Waals surface area contributed by atoms with E-state index >= 15 is 0 Å². The number of fused-ring (bicyclic) bond motifs is 1. The number of aromatic nitrogens is 2. The molecular weight excluding hydrogens is 320 g/mol. The highest BCUT2D eigenvalue weighted by atomic mass is 32.1. The van der Waals surface area contributed by atoms with E-state index in [4.69, 9.17) is 0 Å². The Balaban J connectivity index is 1.55. The maximum absolute atomic E-state index is 12.0. The highest BCUT2D eigenvalue weighted by molar-refractivity contribution is 7.18. The Hall–Kier alpha value is -2.47. The molecule has 5 nitrogen and oxygen atoms in total. The van der Waals surface area contributed by atoms with Crippen LogP contribution in [0.5, 0.6) is 0 Å². The van der Waals surface area contributed by atoms with Crippen LogP contribution in [0.2, 0.25) is 0 Å². The first-order chi connectivity index (χ1) is 11.6. The van der Waals surface area contributed by atoms with E-state index in [1.807, 2.05) is 18.2 Å². The van der Waals surface area contributed by atoms with Crippen LogP contribution < -0.4 is 10.6 Å². The van der Waals surface area contributed by atoms with Crippen LogP contribution in [-0.2, 0) is 11.2 Å². The molecule has 1 amide bonds. The van der Waals surface area contributed by atoms with Crippen LogP contribution in [0.1, 0.15) is 16.0 Å². The number of carbonyl (C=O) groups excluding carboxylic acids is 1. The molecule has 0 radical (unpaired) electrons. The lowest BCUT2D eigenvalue weighted by molar-refractivity contribution is -0.119. The van der Waals surface area contributed by atoms with Crippen molar-refractivity contribution in [3.05, 3.63) is 52.7 Å². The quantitative estimate of drug-likeness (QED) is 0.724. The van der Waals surface area contributed by atoms with Crippen LogP contribution in [0.4, 0.5) is 5.82 Å². The zero-order valence-corrected chi connectivity index (χ0v) is 14.6. The number of anilines is 1. The molecule has 1 aromatic carbocycles. The van der Waals surface area contributed by atoms with Gasteiger partial charge >= 0.3 is 0 Å². The number of thiophene rings is 1. The Morgan fingerprint density at radius 1 is 1.17 bits per heavy atom. The standard InChI is InChI=1S/C18H20N4OS/c1-12-13(2)24-18-16(12)17(21-11-22-18)20-10-15(23)19-9-8-14-6-4-3-5-7-14/h3-7,11H,8-10H2,1-2H3,(H,19,23)(H,20,21,22). The van der Waals surface area contributed by atoms with Crippen molar-refractivity contribution in [2.45, 2.75) is 20.3 Å². The molecule has 6 heteroatoms. The van der Waals surface area contributed by atoms with Crippen molar-refractivity contribution in [1.29, 1.82) is 0 Å². The van der Waals surface area contributed by atoms with Crippen LogP contribution in [0.3, 0.4) is 0 Å². The maximum atomic E-state index is 12.0. The summed E-state index contributed by atoms with van der Waals surface area (Å²) in [5.41, 5.74) is 2.38.